The van der Waals surface area contributed by atoms with Crippen LogP contribution in [0.3, 0.4) is 0 Å². The van der Waals surface area contributed by atoms with Gasteiger partial charge in [0, 0.05) is 42.4 Å². The molecule has 0 radical (unpaired) electrons. The first-order valence-corrected chi connectivity index (χ1v) is 11.1. The zero-order chi connectivity index (χ0) is 23.4. The van der Waals surface area contributed by atoms with Gasteiger partial charge in [0.2, 0.25) is 5.91 Å². The molecule has 4 rings (SSSR count). The maximum atomic E-state index is 13.4. The topological polar surface area (TPSA) is 66.7 Å². The molecule has 32 heavy (non-hydrogen) atoms. The maximum Gasteiger partial charge on any atom is 0.290 e. The number of fused-ring (bicyclic) bond motifs is 1. The summed E-state index contributed by atoms with van der Waals surface area (Å²) in [6, 6.07) is 11.2. The second-order valence-electron chi connectivity index (χ2n) is 9.88. The van der Waals surface area contributed by atoms with E-state index in [1.807, 2.05) is 30.3 Å². The molecule has 0 bridgehead atoms. The summed E-state index contributed by atoms with van der Waals surface area (Å²) < 4.78 is 6.11. The van der Waals surface area contributed by atoms with Crippen molar-refractivity contribution in [2.24, 2.45) is 0 Å². The zero-order valence-corrected chi connectivity index (χ0v) is 20.1. The van der Waals surface area contributed by atoms with E-state index < -0.39 is 5.54 Å². The molecule has 2 aromatic heterocycles. The van der Waals surface area contributed by atoms with Crippen LogP contribution in [0.25, 0.3) is 22.4 Å². The van der Waals surface area contributed by atoms with Gasteiger partial charge in [0.15, 0.2) is 11.3 Å². The van der Waals surface area contributed by atoms with Crippen LogP contribution in [-0.4, -0.2) is 52.3 Å². The zero-order valence-electron chi connectivity index (χ0n) is 19.3. The lowest BCUT2D eigenvalue weighted by Gasteiger charge is -2.44. The first-order chi connectivity index (χ1) is 14.9. The highest BCUT2D eigenvalue weighted by atomic mass is 35.5. The average Bonchev–Trinajstić information content (AvgIpc) is 3.14. The Hall–Kier alpha value is -2.86. The fourth-order valence-electron chi connectivity index (χ4n) is 4.18. The van der Waals surface area contributed by atoms with Crippen molar-refractivity contribution >= 4 is 34.5 Å². The van der Waals surface area contributed by atoms with Crippen molar-refractivity contribution < 1.29 is 14.0 Å². The van der Waals surface area contributed by atoms with Crippen molar-refractivity contribution in [1.82, 2.24) is 14.8 Å². The summed E-state index contributed by atoms with van der Waals surface area (Å²) in [6.07, 6.45) is 0. The lowest BCUT2D eigenvalue weighted by molar-refractivity contribution is -0.144. The number of benzene rings is 1. The van der Waals surface area contributed by atoms with Crippen molar-refractivity contribution in [3.05, 3.63) is 52.7 Å². The van der Waals surface area contributed by atoms with Gasteiger partial charge in [-0.2, -0.15) is 0 Å². The van der Waals surface area contributed by atoms with E-state index in [2.05, 4.69) is 20.8 Å². The molecule has 0 N–H and O–H groups in total. The van der Waals surface area contributed by atoms with Crippen molar-refractivity contribution in [3.63, 3.8) is 0 Å². The standard InChI is InChI=1S/C25H28ClN3O3/c1-24(2,3)17-13-18(15-8-7-9-16(26)12-15)27-19-14-20(32-21(17)19)22(30)29-11-10-28(6)23(31)25(29,4)5/h7-9,12-14H,10-11H2,1-6H3. The number of halogens is 1. The smallest absolute Gasteiger partial charge is 0.290 e. The monoisotopic (exact) mass is 453 g/mol. The molecule has 0 saturated carbocycles. The lowest BCUT2D eigenvalue weighted by Crippen LogP contribution is -2.63. The van der Waals surface area contributed by atoms with Crippen LogP contribution in [0.15, 0.2) is 40.8 Å². The number of furan rings is 1. The number of carbonyl (C=O) groups excluding carboxylic acids is 2. The Morgan fingerprint density at radius 3 is 2.53 bits per heavy atom. The van der Waals surface area contributed by atoms with Gasteiger partial charge in [0.25, 0.3) is 5.91 Å². The minimum atomic E-state index is -0.949. The molecular weight excluding hydrogens is 426 g/mol. The summed E-state index contributed by atoms with van der Waals surface area (Å²) in [5.74, 6) is -0.213. The third-order valence-electron chi connectivity index (χ3n) is 6.07. The van der Waals surface area contributed by atoms with E-state index in [0.29, 0.717) is 29.2 Å². The first kappa shape index (κ1) is 22.3. The minimum Gasteiger partial charge on any atom is -0.449 e. The van der Waals surface area contributed by atoms with Crippen LogP contribution in [-0.2, 0) is 10.2 Å². The molecule has 0 spiro atoms. The van der Waals surface area contributed by atoms with Crippen LogP contribution in [0.4, 0.5) is 0 Å². The van der Waals surface area contributed by atoms with E-state index in [1.165, 1.54) is 0 Å². The Labute approximate surface area is 193 Å². The number of aromatic nitrogens is 1. The molecule has 3 heterocycles. The van der Waals surface area contributed by atoms with Gasteiger partial charge in [-0.15, -0.1) is 0 Å². The normalized spacial score (nSPS) is 16.7. The summed E-state index contributed by atoms with van der Waals surface area (Å²) in [6.45, 7) is 10.7. The second kappa shape index (κ2) is 7.62. The van der Waals surface area contributed by atoms with E-state index in [4.69, 9.17) is 21.0 Å². The largest absolute Gasteiger partial charge is 0.449 e. The molecule has 3 aromatic rings. The molecule has 0 aliphatic carbocycles. The summed E-state index contributed by atoms with van der Waals surface area (Å²) in [5, 5.41) is 0.631. The Morgan fingerprint density at radius 2 is 1.88 bits per heavy atom. The molecule has 1 aliphatic heterocycles. The highest BCUT2D eigenvalue weighted by Gasteiger charge is 2.44. The van der Waals surface area contributed by atoms with Gasteiger partial charge in [-0.1, -0.05) is 44.5 Å². The molecule has 1 aliphatic rings. The molecule has 6 nitrogen and oxygen atoms in total. The predicted molar refractivity (Wildman–Crippen MR) is 126 cm³/mol. The predicted octanol–water partition coefficient (Wildman–Crippen LogP) is 5.14. The summed E-state index contributed by atoms with van der Waals surface area (Å²) in [7, 11) is 1.75. The van der Waals surface area contributed by atoms with Gasteiger partial charge in [-0.05, 0) is 37.5 Å². The lowest BCUT2D eigenvalue weighted by atomic mass is 9.86. The number of hydrogen-bond acceptors (Lipinski definition) is 4. The number of piperazine rings is 1. The van der Waals surface area contributed by atoms with Gasteiger partial charge in [0.1, 0.15) is 11.1 Å². The number of hydrogen-bond donors (Lipinski definition) is 0. The summed E-state index contributed by atoms with van der Waals surface area (Å²) >= 11 is 6.20. The van der Waals surface area contributed by atoms with E-state index in [1.54, 1.807) is 36.8 Å². The van der Waals surface area contributed by atoms with Gasteiger partial charge < -0.3 is 14.2 Å². The van der Waals surface area contributed by atoms with Crippen molar-refractivity contribution in [2.45, 2.75) is 45.6 Å². The molecule has 0 atom stereocenters. The number of rotatable bonds is 2. The fourth-order valence-corrected chi connectivity index (χ4v) is 4.37. The maximum absolute atomic E-state index is 13.4. The minimum absolute atomic E-state index is 0.0926. The van der Waals surface area contributed by atoms with Crippen LogP contribution in [0.5, 0.6) is 0 Å². The summed E-state index contributed by atoms with van der Waals surface area (Å²) in [4.78, 5) is 34.1. The Bertz CT molecular complexity index is 1220. The molecular formula is C25H28ClN3O3. The van der Waals surface area contributed by atoms with Crippen LogP contribution >= 0.6 is 11.6 Å². The van der Waals surface area contributed by atoms with Crippen LogP contribution in [0, 0.1) is 0 Å². The van der Waals surface area contributed by atoms with Crippen molar-refractivity contribution in [3.8, 4) is 11.3 Å². The van der Waals surface area contributed by atoms with Crippen LogP contribution in [0.2, 0.25) is 5.02 Å². The molecule has 7 heteroatoms. The van der Waals surface area contributed by atoms with E-state index >= 15 is 0 Å². The molecule has 1 aromatic carbocycles. The second-order valence-corrected chi connectivity index (χ2v) is 10.3. The number of nitrogens with zero attached hydrogens (tertiary/aromatic N) is 3. The molecule has 1 fully saturated rings. The van der Waals surface area contributed by atoms with Gasteiger partial charge in [-0.25, -0.2) is 4.98 Å². The Morgan fingerprint density at radius 1 is 1.16 bits per heavy atom. The van der Waals surface area contributed by atoms with Crippen molar-refractivity contribution in [2.75, 3.05) is 20.1 Å². The highest BCUT2D eigenvalue weighted by molar-refractivity contribution is 6.30. The van der Waals surface area contributed by atoms with Gasteiger partial charge in [0.05, 0.1) is 5.69 Å². The Kier molecular flexibility index (Phi) is 5.32. The van der Waals surface area contributed by atoms with E-state index in [-0.39, 0.29) is 23.0 Å². The summed E-state index contributed by atoms with van der Waals surface area (Å²) in [5.41, 5.74) is 2.61. The quantitative estimate of drug-likeness (QED) is 0.539. The highest BCUT2D eigenvalue weighted by Crippen LogP contribution is 2.36. The number of pyridine rings is 1. The number of likely N-dealkylation sites (N-methyl/N-ethyl adjacent to an activating group) is 1. The van der Waals surface area contributed by atoms with Gasteiger partial charge in [-0.3, -0.25) is 9.59 Å². The fraction of sp³-hybridized carbons (Fsp3) is 0.400. The van der Waals surface area contributed by atoms with E-state index in [9.17, 15) is 9.59 Å². The van der Waals surface area contributed by atoms with Crippen molar-refractivity contribution in [1.29, 1.82) is 0 Å². The van der Waals surface area contributed by atoms with Gasteiger partial charge >= 0.3 is 0 Å². The first-order valence-electron chi connectivity index (χ1n) is 10.7. The van der Waals surface area contributed by atoms with E-state index in [0.717, 1.165) is 16.8 Å². The molecule has 168 valence electrons. The SMILES string of the molecule is CN1CCN(C(=O)c2cc3nc(-c4cccc(Cl)c4)cc(C(C)(C)C)c3o2)C(C)(C)C1=O. The third-order valence-corrected chi connectivity index (χ3v) is 6.30. The molecule has 0 unspecified atom stereocenters. The van der Waals surface area contributed by atoms with Crippen LogP contribution < -0.4 is 0 Å². The Balaban J connectivity index is 1.83. The number of amides is 2. The molecule has 2 amide bonds. The number of carbonyl (C=O) groups is 2. The third kappa shape index (κ3) is 3.77. The molecule has 1 saturated heterocycles. The van der Waals surface area contributed by atoms with Crippen LogP contribution in [0.1, 0.15) is 50.7 Å². The average molecular weight is 454 g/mol.